The summed E-state index contributed by atoms with van der Waals surface area (Å²) in [7, 11) is 0. The van der Waals surface area contributed by atoms with E-state index in [1.54, 1.807) is 0 Å². The van der Waals surface area contributed by atoms with Crippen LogP contribution < -0.4 is 0 Å². The number of aliphatic carboxylic acids is 1. The lowest BCUT2D eigenvalue weighted by atomic mass is 10.2. The summed E-state index contributed by atoms with van der Waals surface area (Å²) in [4.78, 5) is 10.3. The highest BCUT2D eigenvalue weighted by Gasteiger charge is 2.34. The SMILES string of the molecule is C.C.C.CC/C=C\C/C=C\C[C@@H]1O[C@H]1/C=C/C=C/C=C\C/C=C\CCC(=O)O.S.S. The van der Waals surface area contributed by atoms with Crippen LogP contribution in [-0.4, -0.2) is 23.3 Å². The van der Waals surface area contributed by atoms with E-state index in [0.717, 1.165) is 25.7 Å². The van der Waals surface area contributed by atoms with Gasteiger partial charge < -0.3 is 9.84 Å². The smallest absolute Gasteiger partial charge is 0.303 e. The van der Waals surface area contributed by atoms with Crippen molar-refractivity contribution in [3.05, 3.63) is 72.9 Å². The lowest BCUT2D eigenvalue weighted by molar-refractivity contribution is -0.136. The highest BCUT2D eigenvalue weighted by Crippen LogP contribution is 2.26. The molecule has 0 aromatic heterocycles. The first-order chi connectivity index (χ1) is 12.2. The molecule has 30 heavy (non-hydrogen) atoms. The molecule has 0 unspecified atom stereocenters. The highest BCUT2D eigenvalue weighted by molar-refractivity contribution is 7.59. The molecule has 1 aliphatic heterocycles. The van der Waals surface area contributed by atoms with Crippen LogP contribution in [0.4, 0.5) is 0 Å². The number of allylic oxidation sites excluding steroid dienone is 10. The van der Waals surface area contributed by atoms with E-state index in [4.69, 9.17) is 9.84 Å². The maximum Gasteiger partial charge on any atom is 0.303 e. The van der Waals surface area contributed by atoms with Crippen LogP contribution in [0.3, 0.4) is 0 Å². The summed E-state index contributed by atoms with van der Waals surface area (Å²) >= 11 is 0. The van der Waals surface area contributed by atoms with E-state index in [1.165, 1.54) is 0 Å². The van der Waals surface area contributed by atoms with E-state index in [-0.39, 0.29) is 61.8 Å². The van der Waals surface area contributed by atoms with Crippen LogP contribution in [0, 0.1) is 0 Å². The second kappa shape index (κ2) is 27.6. The average molecular weight is 459 g/mol. The molecule has 1 fully saturated rings. The Balaban J connectivity index is -0.000000417. The molecule has 1 heterocycles. The molecule has 3 nitrogen and oxygen atoms in total. The number of carboxylic acids is 1. The van der Waals surface area contributed by atoms with Crippen molar-refractivity contribution in [2.75, 3.05) is 0 Å². The molecular formula is C25H46O3S2. The van der Waals surface area contributed by atoms with Gasteiger partial charge in [0.1, 0.15) is 6.10 Å². The minimum atomic E-state index is -0.753. The minimum absolute atomic E-state index is 0. The van der Waals surface area contributed by atoms with E-state index >= 15 is 0 Å². The molecule has 5 heteroatoms. The summed E-state index contributed by atoms with van der Waals surface area (Å²) in [6.45, 7) is 2.14. The maximum absolute atomic E-state index is 10.3. The number of epoxide rings is 1. The standard InChI is InChI=1S/C22H30O3.3CH4.2H2S/c1-2-3-4-5-11-14-17-20-21(25-20)18-15-12-9-7-6-8-10-13-16-19-22(23)24;;;;;/h3-4,6-7,9-15,18,20-21H,2,5,8,16-17,19H2,1H3,(H,23,24);3*1H4;2*1H2/b4-3-,7-6-,12-9+,13-10-,14-11-,18-15+;;;;;/t20-,21-;;;;;/m0...../s1. The fourth-order valence-corrected chi connectivity index (χ4v) is 2.14. The normalized spacial score (nSPS) is 17.6. The number of carbonyl (C=O) groups is 1. The van der Waals surface area contributed by atoms with Gasteiger partial charge in [0.05, 0.1) is 6.10 Å². The molecule has 176 valence electrons. The molecular weight excluding hydrogens is 412 g/mol. The third kappa shape index (κ3) is 24.6. The van der Waals surface area contributed by atoms with E-state index in [1.807, 2.05) is 42.5 Å². The monoisotopic (exact) mass is 458 g/mol. The maximum atomic E-state index is 10.3. The molecule has 0 aromatic carbocycles. The lowest BCUT2D eigenvalue weighted by Gasteiger charge is -1.86. The van der Waals surface area contributed by atoms with Gasteiger partial charge in [-0.3, -0.25) is 4.79 Å². The van der Waals surface area contributed by atoms with Crippen molar-refractivity contribution < 1.29 is 14.6 Å². The van der Waals surface area contributed by atoms with E-state index in [0.29, 0.717) is 12.5 Å². The van der Waals surface area contributed by atoms with Crippen LogP contribution in [0.1, 0.15) is 67.7 Å². The molecule has 1 saturated heterocycles. The first kappa shape index (κ1) is 39.1. The number of rotatable bonds is 13. The predicted molar refractivity (Wildman–Crippen MR) is 145 cm³/mol. The first-order valence-electron chi connectivity index (χ1n) is 9.06. The number of hydrogen-bond acceptors (Lipinski definition) is 2. The molecule has 0 saturated carbocycles. The van der Waals surface area contributed by atoms with Crippen LogP contribution in [0.15, 0.2) is 72.9 Å². The van der Waals surface area contributed by atoms with Gasteiger partial charge in [-0.1, -0.05) is 102 Å². The lowest BCUT2D eigenvalue weighted by Crippen LogP contribution is -1.91. The van der Waals surface area contributed by atoms with Crippen molar-refractivity contribution in [3.63, 3.8) is 0 Å². The summed E-state index contributed by atoms with van der Waals surface area (Å²) in [6, 6.07) is 0. The van der Waals surface area contributed by atoms with Crippen molar-refractivity contribution in [1.29, 1.82) is 0 Å². The van der Waals surface area contributed by atoms with E-state index < -0.39 is 5.97 Å². The zero-order valence-electron chi connectivity index (χ0n) is 16.1. The number of ether oxygens (including phenoxy) is 1. The Morgan fingerprint density at radius 1 is 0.833 bits per heavy atom. The molecule has 0 radical (unpaired) electrons. The van der Waals surface area contributed by atoms with Gasteiger partial charge in [0, 0.05) is 6.42 Å². The molecule has 0 aromatic rings. The average Bonchev–Trinajstić information content (AvgIpc) is 3.34. The van der Waals surface area contributed by atoms with E-state index in [9.17, 15) is 4.79 Å². The predicted octanol–water partition coefficient (Wildman–Crippen LogP) is 7.67. The Kier molecular flexibility index (Phi) is 35.9. The second-order valence-electron chi connectivity index (χ2n) is 5.80. The van der Waals surface area contributed by atoms with Crippen LogP contribution in [0.25, 0.3) is 0 Å². The second-order valence-corrected chi connectivity index (χ2v) is 5.80. The van der Waals surface area contributed by atoms with Crippen LogP contribution >= 0.6 is 27.0 Å². The highest BCUT2D eigenvalue weighted by atomic mass is 32.1. The summed E-state index contributed by atoms with van der Waals surface area (Å²) in [6.07, 6.45) is 30.0. The summed E-state index contributed by atoms with van der Waals surface area (Å²) < 4.78 is 5.59. The molecule has 2 atom stereocenters. The summed E-state index contributed by atoms with van der Waals surface area (Å²) in [5, 5.41) is 8.50. The van der Waals surface area contributed by atoms with Gasteiger partial charge >= 0.3 is 5.97 Å². The van der Waals surface area contributed by atoms with Gasteiger partial charge in [0.25, 0.3) is 0 Å². The van der Waals surface area contributed by atoms with Crippen LogP contribution in [-0.2, 0) is 9.53 Å². The minimum Gasteiger partial charge on any atom is -0.481 e. The zero-order valence-corrected chi connectivity index (χ0v) is 18.1. The zero-order chi connectivity index (χ0) is 18.2. The van der Waals surface area contributed by atoms with Crippen LogP contribution in [0.2, 0.25) is 0 Å². The molecule has 0 spiro atoms. The van der Waals surface area contributed by atoms with Crippen LogP contribution in [0.5, 0.6) is 0 Å². The van der Waals surface area contributed by atoms with Crippen molar-refractivity contribution in [1.82, 2.24) is 0 Å². The van der Waals surface area contributed by atoms with Gasteiger partial charge in [-0.25, -0.2) is 0 Å². The fourth-order valence-electron chi connectivity index (χ4n) is 2.14. The molecule has 0 amide bonds. The molecule has 0 aliphatic carbocycles. The van der Waals surface area contributed by atoms with Crippen molar-refractivity contribution >= 4 is 33.0 Å². The first-order valence-corrected chi connectivity index (χ1v) is 9.06. The molecule has 1 N–H and O–H groups in total. The third-order valence-electron chi connectivity index (χ3n) is 3.57. The Hall–Kier alpha value is -1.43. The third-order valence-corrected chi connectivity index (χ3v) is 3.57. The summed E-state index contributed by atoms with van der Waals surface area (Å²) in [5.74, 6) is -0.753. The largest absolute Gasteiger partial charge is 0.481 e. The Labute approximate surface area is 200 Å². The Morgan fingerprint density at radius 3 is 2.10 bits per heavy atom. The Bertz CT molecular complexity index is 547. The van der Waals surface area contributed by atoms with Gasteiger partial charge in [-0.15, -0.1) is 0 Å². The number of carboxylic acid groups (broad SMARTS) is 1. The van der Waals surface area contributed by atoms with Gasteiger partial charge in [-0.05, 0) is 32.1 Å². The number of hydrogen-bond donors (Lipinski definition) is 1. The molecule has 0 bridgehead atoms. The van der Waals surface area contributed by atoms with Gasteiger partial charge in [-0.2, -0.15) is 27.0 Å². The van der Waals surface area contributed by atoms with Crippen molar-refractivity contribution in [2.45, 2.75) is 79.9 Å². The fraction of sp³-hybridized carbons (Fsp3) is 0.480. The van der Waals surface area contributed by atoms with Crippen molar-refractivity contribution in [2.24, 2.45) is 0 Å². The topological polar surface area (TPSA) is 49.8 Å². The molecule has 1 rings (SSSR count). The summed E-state index contributed by atoms with van der Waals surface area (Å²) in [5.41, 5.74) is 0. The molecule has 1 aliphatic rings. The quantitative estimate of drug-likeness (QED) is 0.175. The van der Waals surface area contributed by atoms with Crippen molar-refractivity contribution in [3.8, 4) is 0 Å². The van der Waals surface area contributed by atoms with Gasteiger partial charge in [0.15, 0.2) is 0 Å². The Morgan fingerprint density at radius 2 is 1.43 bits per heavy atom. The van der Waals surface area contributed by atoms with Gasteiger partial charge in [0.2, 0.25) is 0 Å². The van der Waals surface area contributed by atoms with E-state index in [2.05, 4.69) is 37.3 Å².